The first-order valence-electron chi connectivity index (χ1n) is 9.67. The third kappa shape index (κ3) is 8.86. The SMILES string of the molecule is CCCCCCCCC1CC(C)CCC1CNC(C)(C)C. The van der Waals surface area contributed by atoms with Gasteiger partial charge in [0.05, 0.1) is 0 Å². The molecule has 1 heteroatoms. The second-order valence-electron chi connectivity index (χ2n) is 8.63. The van der Waals surface area contributed by atoms with Gasteiger partial charge in [0, 0.05) is 5.54 Å². The number of unbranched alkanes of at least 4 members (excludes halogenated alkanes) is 5. The molecule has 1 aliphatic rings. The molecule has 3 atom stereocenters. The van der Waals surface area contributed by atoms with E-state index in [2.05, 4.69) is 39.9 Å². The van der Waals surface area contributed by atoms with Crippen LogP contribution in [0.1, 0.15) is 98.8 Å². The Morgan fingerprint density at radius 3 is 2.24 bits per heavy atom. The lowest BCUT2D eigenvalue weighted by atomic mass is 9.72. The first kappa shape index (κ1) is 19.0. The van der Waals surface area contributed by atoms with E-state index in [9.17, 15) is 0 Å². The highest BCUT2D eigenvalue weighted by atomic mass is 14.9. The summed E-state index contributed by atoms with van der Waals surface area (Å²) in [6.07, 6.45) is 14.5. The predicted octanol–water partition coefficient (Wildman–Crippen LogP) is 6.18. The molecule has 0 amide bonds. The fraction of sp³-hybridized carbons (Fsp3) is 1.00. The predicted molar refractivity (Wildman–Crippen MR) is 95.7 cm³/mol. The van der Waals surface area contributed by atoms with Crippen molar-refractivity contribution in [3.05, 3.63) is 0 Å². The second-order valence-corrected chi connectivity index (χ2v) is 8.63. The smallest absolute Gasteiger partial charge is 0.00966 e. The zero-order valence-electron chi connectivity index (χ0n) is 15.5. The lowest BCUT2D eigenvalue weighted by Gasteiger charge is -2.37. The van der Waals surface area contributed by atoms with Crippen LogP contribution in [-0.4, -0.2) is 12.1 Å². The second kappa shape index (κ2) is 9.87. The minimum absolute atomic E-state index is 0.272. The largest absolute Gasteiger partial charge is 0.312 e. The first-order chi connectivity index (χ1) is 9.92. The van der Waals surface area contributed by atoms with E-state index in [-0.39, 0.29) is 5.54 Å². The fourth-order valence-corrected chi connectivity index (χ4v) is 3.81. The van der Waals surface area contributed by atoms with Crippen LogP contribution in [0.25, 0.3) is 0 Å². The summed E-state index contributed by atoms with van der Waals surface area (Å²) in [7, 11) is 0. The van der Waals surface area contributed by atoms with E-state index >= 15 is 0 Å². The Labute approximate surface area is 134 Å². The van der Waals surface area contributed by atoms with Crippen molar-refractivity contribution in [2.75, 3.05) is 6.54 Å². The highest BCUT2D eigenvalue weighted by Gasteiger charge is 2.28. The van der Waals surface area contributed by atoms with Crippen molar-refractivity contribution in [2.45, 2.75) is 104 Å². The Kier molecular flexibility index (Phi) is 8.94. The molecule has 1 fully saturated rings. The van der Waals surface area contributed by atoms with E-state index in [0.717, 1.165) is 17.8 Å². The molecule has 126 valence electrons. The Bertz CT molecular complexity index is 253. The first-order valence-corrected chi connectivity index (χ1v) is 9.67. The molecular weight excluding hydrogens is 254 g/mol. The van der Waals surface area contributed by atoms with Crippen molar-refractivity contribution in [1.82, 2.24) is 5.32 Å². The molecule has 1 saturated carbocycles. The lowest BCUT2D eigenvalue weighted by molar-refractivity contribution is 0.162. The molecular formula is C20H41N. The molecule has 0 aromatic carbocycles. The minimum atomic E-state index is 0.272. The van der Waals surface area contributed by atoms with E-state index in [4.69, 9.17) is 0 Å². The number of nitrogens with one attached hydrogen (secondary N) is 1. The molecule has 0 heterocycles. The fourth-order valence-electron chi connectivity index (χ4n) is 3.81. The molecule has 1 aliphatic carbocycles. The number of rotatable bonds is 9. The van der Waals surface area contributed by atoms with Gasteiger partial charge in [-0.3, -0.25) is 0 Å². The van der Waals surface area contributed by atoms with Crippen LogP contribution in [0.4, 0.5) is 0 Å². The number of hydrogen-bond acceptors (Lipinski definition) is 1. The third-order valence-electron chi connectivity index (χ3n) is 5.23. The van der Waals surface area contributed by atoms with Crippen molar-refractivity contribution in [1.29, 1.82) is 0 Å². The molecule has 1 rings (SSSR count). The molecule has 1 nitrogen and oxygen atoms in total. The summed E-state index contributed by atoms with van der Waals surface area (Å²) < 4.78 is 0. The van der Waals surface area contributed by atoms with Gasteiger partial charge in [0.25, 0.3) is 0 Å². The standard InChI is InChI=1S/C20H41N/c1-6-7-8-9-10-11-12-18-15-17(2)13-14-19(18)16-21-20(3,4)5/h17-19,21H,6-16H2,1-5H3. The van der Waals surface area contributed by atoms with E-state index in [1.54, 1.807) is 0 Å². The molecule has 0 aromatic heterocycles. The van der Waals surface area contributed by atoms with Crippen LogP contribution in [0.2, 0.25) is 0 Å². The quantitative estimate of drug-likeness (QED) is 0.501. The van der Waals surface area contributed by atoms with Crippen LogP contribution in [0.3, 0.4) is 0 Å². The van der Waals surface area contributed by atoms with Crippen molar-refractivity contribution in [3.8, 4) is 0 Å². The number of hydrogen-bond donors (Lipinski definition) is 1. The van der Waals surface area contributed by atoms with Crippen LogP contribution >= 0.6 is 0 Å². The Morgan fingerprint density at radius 1 is 0.905 bits per heavy atom. The molecule has 0 aliphatic heterocycles. The third-order valence-corrected chi connectivity index (χ3v) is 5.23. The summed E-state index contributed by atoms with van der Waals surface area (Å²) in [6.45, 7) is 12.9. The van der Waals surface area contributed by atoms with Crippen molar-refractivity contribution in [3.63, 3.8) is 0 Å². The van der Waals surface area contributed by atoms with E-state index in [1.807, 2.05) is 0 Å². The highest BCUT2D eigenvalue weighted by Crippen LogP contribution is 2.36. The van der Waals surface area contributed by atoms with Gasteiger partial charge in [0.15, 0.2) is 0 Å². The maximum Gasteiger partial charge on any atom is 0.00966 e. The topological polar surface area (TPSA) is 12.0 Å². The summed E-state index contributed by atoms with van der Waals surface area (Å²) in [5.74, 6) is 2.87. The van der Waals surface area contributed by atoms with Crippen molar-refractivity contribution in [2.24, 2.45) is 17.8 Å². The molecule has 0 radical (unpaired) electrons. The zero-order valence-corrected chi connectivity index (χ0v) is 15.5. The molecule has 0 spiro atoms. The zero-order chi connectivity index (χ0) is 15.7. The van der Waals surface area contributed by atoms with Gasteiger partial charge in [-0.05, 0) is 57.9 Å². The van der Waals surface area contributed by atoms with Crippen molar-refractivity contribution < 1.29 is 0 Å². The molecule has 3 unspecified atom stereocenters. The van der Waals surface area contributed by atoms with Gasteiger partial charge in [-0.25, -0.2) is 0 Å². The Morgan fingerprint density at radius 2 is 1.57 bits per heavy atom. The average molecular weight is 296 g/mol. The van der Waals surface area contributed by atoms with Crippen LogP contribution < -0.4 is 5.32 Å². The summed E-state index contributed by atoms with van der Waals surface area (Å²) in [4.78, 5) is 0. The summed E-state index contributed by atoms with van der Waals surface area (Å²) in [5.41, 5.74) is 0.272. The molecule has 1 N–H and O–H groups in total. The normalized spacial score (nSPS) is 27.0. The summed E-state index contributed by atoms with van der Waals surface area (Å²) >= 11 is 0. The highest BCUT2D eigenvalue weighted by molar-refractivity contribution is 4.82. The maximum absolute atomic E-state index is 3.75. The Balaban J connectivity index is 2.28. The lowest BCUT2D eigenvalue weighted by Crippen LogP contribution is -2.42. The average Bonchev–Trinajstić information content (AvgIpc) is 2.40. The van der Waals surface area contributed by atoms with Crippen LogP contribution in [0.15, 0.2) is 0 Å². The van der Waals surface area contributed by atoms with E-state index < -0.39 is 0 Å². The van der Waals surface area contributed by atoms with Gasteiger partial charge < -0.3 is 5.32 Å². The van der Waals surface area contributed by atoms with E-state index in [1.165, 1.54) is 70.8 Å². The van der Waals surface area contributed by atoms with Crippen molar-refractivity contribution >= 4 is 0 Å². The van der Waals surface area contributed by atoms with Gasteiger partial charge in [-0.2, -0.15) is 0 Å². The van der Waals surface area contributed by atoms with Gasteiger partial charge in [-0.15, -0.1) is 0 Å². The maximum atomic E-state index is 3.75. The Hall–Kier alpha value is -0.0400. The van der Waals surface area contributed by atoms with Gasteiger partial charge in [0.1, 0.15) is 0 Å². The molecule has 0 aromatic rings. The van der Waals surface area contributed by atoms with Gasteiger partial charge in [-0.1, -0.05) is 65.2 Å². The summed E-state index contributed by atoms with van der Waals surface area (Å²) in [5, 5.41) is 3.75. The van der Waals surface area contributed by atoms with Gasteiger partial charge in [0.2, 0.25) is 0 Å². The van der Waals surface area contributed by atoms with Crippen LogP contribution in [0, 0.1) is 17.8 Å². The molecule has 0 bridgehead atoms. The van der Waals surface area contributed by atoms with Gasteiger partial charge >= 0.3 is 0 Å². The molecule has 21 heavy (non-hydrogen) atoms. The minimum Gasteiger partial charge on any atom is -0.312 e. The monoisotopic (exact) mass is 295 g/mol. The summed E-state index contributed by atoms with van der Waals surface area (Å²) in [6, 6.07) is 0. The van der Waals surface area contributed by atoms with E-state index in [0.29, 0.717) is 0 Å². The van der Waals surface area contributed by atoms with Crippen LogP contribution in [-0.2, 0) is 0 Å². The van der Waals surface area contributed by atoms with Crippen LogP contribution in [0.5, 0.6) is 0 Å². The molecule has 0 saturated heterocycles.